The Hall–Kier alpha value is -0.920. The van der Waals surface area contributed by atoms with Crippen molar-refractivity contribution < 1.29 is 21.4 Å². The molecule has 1 aromatic rings. The maximum absolute atomic E-state index is 12.3. The predicted octanol–water partition coefficient (Wildman–Crippen LogP) is 5.41. The topological polar surface area (TPSA) is 88.5 Å². The van der Waals surface area contributed by atoms with E-state index < -0.39 is 20.0 Å². The molecule has 0 aliphatic heterocycles. The lowest BCUT2D eigenvalue weighted by atomic mass is 10.1. The van der Waals surface area contributed by atoms with E-state index in [1.807, 2.05) is 0 Å². The lowest BCUT2D eigenvalue weighted by molar-refractivity contribution is 0.483. The molecule has 0 saturated heterocycles. The first-order valence-corrected chi connectivity index (χ1v) is 13.2. The average molecular weight is 419 g/mol. The number of benzene rings is 1. The van der Waals surface area contributed by atoms with Crippen LogP contribution in [0.4, 0.5) is 0 Å². The third-order valence-electron chi connectivity index (χ3n) is 4.75. The summed E-state index contributed by atoms with van der Waals surface area (Å²) in [6.45, 7) is 2.23. The van der Waals surface area contributed by atoms with Gasteiger partial charge in [0.05, 0.1) is 15.5 Å². The van der Waals surface area contributed by atoms with Gasteiger partial charge >= 0.3 is 0 Å². The van der Waals surface area contributed by atoms with E-state index in [2.05, 4.69) is 6.92 Å². The number of unbranched alkanes of at least 4 members (excludes halogenated alkanes) is 11. The molecule has 0 bridgehead atoms. The predicted molar refractivity (Wildman–Crippen MR) is 109 cm³/mol. The van der Waals surface area contributed by atoms with E-state index in [4.69, 9.17) is 4.55 Å². The van der Waals surface area contributed by atoms with Gasteiger partial charge in [-0.15, -0.1) is 0 Å². The lowest BCUT2D eigenvalue weighted by Crippen LogP contribution is -2.07. The van der Waals surface area contributed by atoms with Crippen LogP contribution in [0.3, 0.4) is 0 Å². The Morgan fingerprint density at radius 3 is 1.41 bits per heavy atom. The molecule has 0 aromatic heterocycles. The van der Waals surface area contributed by atoms with Crippen LogP contribution in [0.2, 0.25) is 0 Å². The summed E-state index contributed by atoms with van der Waals surface area (Å²) < 4.78 is 55.5. The van der Waals surface area contributed by atoms with Crippen LogP contribution < -0.4 is 0 Å². The van der Waals surface area contributed by atoms with Gasteiger partial charge in [-0.3, -0.25) is 4.55 Å². The number of sulfone groups is 1. The van der Waals surface area contributed by atoms with Crippen LogP contribution in [-0.4, -0.2) is 27.1 Å². The molecule has 1 N–H and O–H groups in total. The third-order valence-corrected chi connectivity index (χ3v) is 7.43. The van der Waals surface area contributed by atoms with Gasteiger partial charge in [-0.05, 0) is 30.7 Å². The van der Waals surface area contributed by atoms with Crippen LogP contribution in [0.25, 0.3) is 0 Å². The van der Waals surface area contributed by atoms with E-state index in [-0.39, 0.29) is 15.5 Å². The van der Waals surface area contributed by atoms with Crippen LogP contribution >= 0.6 is 0 Å². The average Bonchev–Trinajstić information content (AvgIpc) is 2.62. The largest absolute Gasteiger partial charge is 0.294 e. The van der Waals surface area contributed by atoms with E-state index >= 15 is 0 Å². The van der Waals surface area contributed by atoms with Crippen molar-refractivity contribution in [3.8, 4) is 0 Å². The molecular formula is C20H34O5S2. The first-order valence-electron chi connectivity index (χ1n) is 10.1. The second-order valence-corrected chi connectivity index (χ2v) is 10.7. The van der Waals surface area contributed by atoms with Crippen molar-refractivity contribution in [1.29, 1.82) is 0 Å². The van der Waals surface area contributed by atoms with Crippen molar-refractivity contribution in [3.05, 3.63) is 24.3 Å². The SMILES string of the molecule is CCCCCCCCCCCCCCS(=O)(=O)c1ccc(S(=O)(=O)O)cc1. The van der Waals surface area contributed by atoms with Crippen molar-refractivity contribution >= 4 is 20.0 Å². The fraction of sp³-hybridized carbons (Fsp3) is 0.700. The molecule has 0 fully saturated rings. The van der Waals surface area contributed by atoms with Gasteiger partial charge in [0.1, 0.15) is 0 Å². The molecule has 1 rings (SSSR count). The minimum Gasteiger partial charge on any atom is -0.282 e. The molecule has 0 atom stereocenters. The van der Waals surface area contributed by atoms with Crippen molar-refractivity contribution in [2.75, 3.05) is 5.75 Å². The molecule has 0 radical (unpaired) electrons. The number of rotatable bonds is 15. The van der Waals surface area contributed by atoms with Crippen LogP contribution in [0.5, 0.6) is 0 Å². The molecule has 0 amide bonds. The van der Waals surface area contributed by atoms with Crippen LogP contribution in [0.1, 0.15) is 84.0 Å². The van der Waals surface area contributed by atoms with Crippen molar-refractivity contribution in [3.63, 3.8) is 0 Å². The highest BCUT2D eigenvalue weighted by Crippen LogP contribution is 2.18. The molecule has 0 saturated carbocycles. The van der Waals surface area contributed by atoms with E-state index in [9.17, 15) is 16.8 Å². The van der Waals surface area contributed by atoms with Crippen molar-refractivity contribution in [1.82, 2.24) is 0 Å². The van der Waals surface area contributed by atoms with Gasteiger partial charge in [0.15, 0.2) is 9.84 Å². The molecule has 0 aliphatic carbocycles. The molecule has 1 aromatic carbocycles. The number of hydrogen-bond donors (Lipinski definition) is 1. The van der Waals surface area contributed by atoms with Crippen LogP contribution in [-0.2, 0) is 20.0 Å². The summed E-state index contributed by atoms with van der Waals surface area (Å²) in [6, 6.07) is 4.70. The monoisotopic (exact) mass is 418 g/mol. The highest BCUT2D eigenvalue weighted by Gasteiger charge is 2.16. The molecule has 0 unspecified atom stereocenters. The van der Waals surface area contributed by atoms with E-state index in [0.717, 1.165) is 31.4 Å². The normalized spacial score (nSPS) is 12.4. The Kier molecular flexibility index (Phi) is 11.2. The summed E-state index contributed by atoms with van der Waals surface area (Å²) in [5.74, 6) is 0.0651. The standard InChI is InChI=1S/C20H34O5S2/c1-2-3-4-5-6-7-8-9-10-11-12-13-18-26(21,22)19-14-16-20(17-15-19)27(23,24)25/h14-17H,2-13,18H2,1H3,(H,23,24,25). The maximum Gasteiger partial charge on any atom is 0.294 e. The first kappa shape index (κ1) is 24.1. The van der Waals surface area contributed by atoms with Gasteiger partial charge in [0.25, 0.3) is 10.1 Å². The van der Waals surface area contributed by atoms with E-state index in [1.165, 1.54) is 63.5 Å². The minimum atomic E-state index is -4.30. The molecule has 7 heteroatoms. The Morgan fingerprint density at radius 1 is 0.630 bits per heavy atom. The fourth-order valence-corrected chi connectivity index (χ4v) is 4.92. The lowest BCUT2D eigenvalue weighted by Gasteiger charge is -2.06. The molecule has 0 heterocycles. The molecule has 0 spiro atoms. The quantitative estimate of drug-likeness (QED) is 0.304. The van der Waals surface area contributed by atoms with Crippen molar-refractivity contribution in [2.24, 2.45) is 0 Å². The second-order valence-electron chi connectivity index (χ2n) is 7.15. The summed E-state index contributed by atoms with van der Waals surface area (Å²) in [5.41, 5.74) is 0. The van der Waals surface area contributed by atoms with Gasteiger partial charge in [0, 0.05) is 0 Å². The zero-order chi connectivity index (χ0) is 20.2. The van der Waals surface area contributed by atoms with Crippen LogP contribution in [0.15, 0.2) is 34.1 Å². The highest BCUT2D eigenvalue weighted by molar-refractivity contribution is 7.91. The third kappa shape index (κ3) is 10.3. The molecule has 156 valence electrons. The molecule has 27 heavy (non-hydrogen) atoms. The molecule has 0 aliphatic rings. The van der Waals surface area contributed by atoms with E-state index in [0.29, 0.717) is 6.42 Å². The molecular weight excluding hydrogens is 384 g/mol. The first-order chi connectivity index (χ1) is 12.8. The van der Waals surface area contributed by atoms with Gasteiger partial charge in [0.2, 0.25) is 0 Å². The summed E-state index contributed by atoms with van der Waals surface area (Å²) >= 11 is 0. The zero-order valence-electron chi connectivity index (χ0n) is 16.4. The van der Waals surface area contributed by atoms with Gasteiger partial charge in [-0.1, -0.05) is 77.6 Å². The van der Waals surface area contributed by atoms with Gasteiger partial charge in [-0.2, -0.15) is 8.42 Å². The van der Waals surface area contributed by atoms with E-state index in [1.54, 1.807) is 0 Å². The zero-order valence-corrected chi connectivity index (χ0v) is 18.0. The summed E-state index contributed by atoms with van der Waals surface area (Å²) in [5, 5.41) is 0. The Morgan fingerprint density at radius 2 is 1.00 bits per heavy atom. The van der Waals surface area contributed by atoms with Gasteiger partial charge in [-0.25, -0.2) is 8.42 Å². The second kappa shape index (κ2) is 12.5. The maximum atomic E-state index is 12.3. The Bertz CT molecular complexity index is 722. The van der Waals surface area contributed by atoms with Gasteiger partial charge < -0.3 is 0 Å². The number of hydrogen-bond acceptors (Lipinski definition) is 4. The fourth-order valence-electron chi connectivity index (χ4n) is 3.07. The van der Waals surface area contributed by atoms with Crippen molar-refractivity contribution in [2.45, 2.75) is 93.8 Å². The Balaban J connectivity index is 2.17. The van der Waals surface area contributed by atoms with Crippen LogP contribution in [0, 0.1) is 0 Å². The smallest absolute Gasteiger partial charge is 0.282 e. The molecule has 5 nitrogen and oxygen atoms in total. The highest BCUT2D eigenvalue weighted by atomic mass is 32.2. The summed E-state index contributed by atoms with van der Waals surface area (Å²) in [4.78, 5) is -0.204. The summed E-state index contributed by atoms with van der Waals surface area (Å²) in [7, 11) is -7.71. The summed E-state index contributed by atoms with van der Waals surface area (Å²) in [6.07, 6.45) is 14.1. The Labute approximate surface area is 165 Å². The minimum absolute atomic E-state index is 0.0651.